The minimum Gasteiger partial charge on any atom is -0.351 e. The Morgan fingerprint density at radius 1 is 1.26 bits per heavy atom. The van der Waals surface area contributed by atoms with Gasteiger partial charge in [0.2, 0.25) is 5.91 Å². The predicted molar refractivity (Wildman–Crippen MR) is 90.0 cm³/mol. The van der Waals surface area contributed by atoms with Crippen LogP contribution in [0.4, 0.5) is 0 Å². The average molecular weight is 336 g/mol. The molecule has 1 aromatic rings. The van der Waals surface area contributed by atoms with Gasteiger partial charge in [-0.05, 0) is 37.8 Å². The number of nitrogens with zero attached hydrogens (tertiary/aromatic N) is 1. The number of hydrogen-bond acceptors (Lipinski definition) is 4. The van der Waals surface area contributed by atoms with Gasteiger partial charge in [0.05, 0.1) is 17.5 Å². The lowest BCUT2D eigenvalue weighted by molar-refractivity contribution is -0.126. The molecule has 2 aliphatic heterocycles. The van der Waals surface area contributed by atoms with E-state index in [1.165, 1.54) is 5.56 Å². The van der Waals surface area contributed by atoms with Crippen molar-refractivity contribution in [2.45, 2.75) is 37.8 Å². The molecule has 6 heteroatoms. The Hall–Kier alpha value is -1.40. The normalized spacial score (nSPS) is 28.6. The van der Waals surface area contributed by atoms with Crippen LogP contribution in [0.3, 0.4) is 0 Å². The van der Waals surface area contributed by atoms with Gasteiger partial charge < -0.3 is 5.32 Å². The van der Waals surface area contributed by atoms with Crippen LogP contribution in [0.1, 0.15) is 31.2 Å². The Morgan fingerprint density at radius 2 is 2.00 bits per heavy atom. The number of nitrogens with one attached hydrogen (secondary N) is 1. The summed E-state index contributed by atoms with van der Waals surface area (Å²) in [6.45, 7) is 3.69. The summed E-state index contributed by atoms with van der Waals surface area (Å²) in [4.78, 5) is 14.6. The number of hydrogen-bond donors (Lipinski definition) is 1. The largest absolute Gasteiger partial charge is 0.351 e. The maximum absolute atomic E-state index is 12.4. The Kier molecular flexibility index (Phi) is 4.73. The van der Waals surface area contributed by atoms with E-state index in [-0.39, 0.29) is 29.5 Å². The van der Waals surface area contributed by atoms with E-state index < -0.39 is 9.84 Å². The highest BCUT2D eigenvalue weighted by Crippen LogP contribution is 2.28. The molecule has 0 saturated carbocycles. The summed E-state index contributed by atoms with van der Waals surface area (Å²) in [6, 6.07) is 9.96. The highest BCUT2D eigenvalue weighted by molar-refractivity contribution is 7.91. The fourth-order valence-corrected chi connectivity index (χ4v) is 5.21. The quantitative estimate of drug-likeness (QED) is 0.896. The second-order valence-corrected chi connectivity index (χ2v) is 8.90. The number of rotatable bonds is 4. The highest BCUT2D eigenvalue weighted by atomic mass is 32.2. The van der Waals surface area contributed by atoms with E-state index in [1.54, 1.807) is 0 Å². The molecular formula is C17H24N2O3S. The fraction of sp³-hybridized carbons (Fsp3) is 0.588. The van der Waals surface area contributed by atoms with Gasteiger partial charge in [0, 0.05) is 12.6 Å². The third-order valence-electron chi connectivity index (χ3n) is 5.00. The second kappa shape index (κ2) is 6.61. The monoisotopic (exact) mass is 336 g/mol. The molecule has 3 rings (SSSR count). The summed E-state index contributed by atoms with van der Waals surface area (Å²) in [5.41, 5.74) is 1.32. The minimum atomic E-state index is -2.96. The molecule has 23 heavy (non-hydrogen) atoms. The molecule has 0 spiro atoms. The van der Waals surface area contributed by atoms with Crippen LogP contribution in [0.25, 0.3) is 0 Å². The standard InChI is InChI=1S/C17H24N2O3S/c1-13(17(20)18-16-8-10-23(21,22)12-16)19-9-7-15(11-19)14-5-3-2-4-6-14/h2-6,13,15-16H,7-12H2,1H3,(H,18,20)/t13-,15+,16-/m1/s1. The zero-order valence-corrected chi connectivity index (χ0v) is 14.3. The van der Waals surface area contributed by atoms with Crippen molar-refractivity contribution in [3.05, 3.63) is 35.9 Å². The molecular weight excluding hydrogens is 312 g/mol. The highest BCUT2D eigenvalue weighted by Gasteiger charge is 2.33. The Labute approximate surface area is 138 Å². The maximum atomic E-state index is 12.4. The molecule has 2 aliphatic rings. The van der Waals surface area contributed by atoms with Gasteiger partial charge in [-0.25, -0.2) is 8.42 Å². The Balaban J connectivity index is 1.54. The van der Waals surface area contributed by atoms with Crippen LogP contribution < -0.4 is 5.32 Å². The first-order chi connectivity index (χ1) is 10.9. The van der Waals surface area contributed by atoms with Crippen molar-refractivity contribution in [1.82, 2.24) is 10.2 Å². The van der Waals surface area contributed by atoms with Crippen LogP contribution in [0.15, 0.2) is 30.3 Å². The first-order valence-corrected chi connectivity index (χ1v) is 10.1. The van der Waals surface area contributed by atoms with Crippen LogP contribution in [-0.2, 0) is 14.6 Å². The van der Waals surface area contributed by atoms with Gasteiger partial charge in [0.25, 0.3) is 0 Å². The molecule has 0 aromatic heterocycles. The van der Waals surface area contributed by atoms with E-state index in [4.69, 9.17) is 0 Å². The van der Waals surface area contributed by atoms with Crippen molar-refractivity contribution in [3.63, 3.8) is 0 Å². The molecule has 0 radical (unpaired) electrons. The van der Waals surface area contributed by atoms with Crippen molar-refractivity contribution in [2.75, 3.05) is 24.6 Å². The van der Waals surface area contributed by atoms with Gasteiger partial charge in [0.15, 0.2) is 9.84 Å². The topological polar surface area (TPSA) is 66.5 Å². The van der Waals surface area contributed by atoms with E-state index in [0.717, 1.165) is 19.5 Å². The lowest BCUT2D eigenvalue weighted by Crippen LogP contribution is -2.47. The molecule has 5 nitrogen and oxygen atoms in total. The number of carbonyl (C=O) groups excluding carboxylic acids is 1. The molecule has 2 saturated heterocycles. The van der Waals surface area contributed by atoms with Crippen molar-refractivity contribution >= 4 is 15.7 Å². The molecule has 0 unspecified atom stereocenters. The fourth-order valence-electron chi connectivity index (χ4n) is 3.53. The van der Waals surface area contributed by atoms with E-state index in [1.807, 2.05) is 13.0 Å². The van der Waals surface area contributed by atoms with Crippen molar-refractivity contribution in [2.24, 2.45) is 0 Å². The molecule has 126 valence electrons. The number of carbonyl (C=O) groups is 1. The van der Waals surface area contributed by atoms with Crippen molar-refractivity contribution in [3.8, 4) is 0 Å². The van der Waals surface area contributed by atoms with E-state index in [9.17, 15) is 13.2 Å². The number of benzene rings is 1. The number of likely N-dealkylation sites (tertiary alicyclic amines) is 1. The van der Waals surface area contributed by atoms with Crippen LogP contribution in [0.2, 0.25) is 0 Å². The van der Waals surface area contributed by atoms with E-state index >= 15 is 0 Å². The maximum Gasteiger partial charge on any atom is 0.237 e. The lowest BCUT2D eigenvalue weighted by Gasteiger charge is -2.25. The molecule has 1 amide bonds. The van der Waals surface area contributed by atoms with Crippen LogP contribution in [0.5, 0.6) is 0 Å². The summed E-state index contributed by atoms with van der Waals surface area (Å²) in [7, 11) is -2.96. The van der Waals surface area contributed by atoms with Crippen LogP contribution in [-0.4, -0.2) is 55.9 Å². The van der Waals surface area contributed by atoms with Gasteiger partial charge in [-0.15, -0.1) is 0 Å². The van der Waals surface area contributed by atoms with Gasteiger partial charge in [0.1, 0.15) is 0 Å². The molecule has 0 aliphatic carbocycles. The molecule has 2 fully saturated rings. The molecule has 1 aromatic carbocycles. The summed E-state index contributed by atoms with van der Waals surface area (Å²) < 4.78 is 23.0. The molecule has 0 bridgehead atoms. The van der Waals surface area contributed by atoms with Gasteiger partial charge in [-0.2, -0.15) is 0 Å². The first kappa shape index (κ1) is 16.5. The summed E-state index contributed by atoms with van der Waals surface area (Å²) in [5.74, 6) is 0.684. The lowest BCUT2D eigenvalue weighted by atomic mass is 9.99. The second-order valence-electron chi connectivity index (χ2n) is 6.68. The third-order valence-corrected chi connectivity index (χ3v) is 6.76. The Bertz CT molecular complexity index is 660. The molecule has 1 N–H and O–H groups in total. The number of sulfone groups is 1. The van der Waals surface area contributed by atoms with Gasteiger partial charge in [-0.1, -0.05) is 30.3 Å². The SMILES string of the molecule is C[C@H](C(=O)N[C@@H]1CCS(=O)(=O)C1)N1CC[C@H](c2ccccc2)C1. The van der Waals surface area contributed by atoms with Gasteiger partial charge in [-0.3, -0.25) is 9.69 Å². The number of amides is 1. The summed E-state index contributed by atoms with van der Waals surface area (Å²) in [5, 5.41) is 2.91. The predicted octanol–water partition coefficient (Wildman–Crippen LogP) is 1.17. The zero-order valence-electron chi connectivity index (χ0n) is 13.4. The van der Waals surface area contributed by atoms with E-state index in [0.29, 0.717) is 12.3 Å². The summed E-state index contributed by atoms with van der Waals surface area (Å²) >= 11 is 0. The van der Waals surface area contributed by atoms with Crippen LogP contribution >= 0.6 is 0 Å². The first-order valence-electron chi connectivity index (χ1n) is 8.24. The van der Waals surface area contributed by atoms with Crippen molar-refractivity contribution < 1.29 is 13.2 Å². The minimum absolute atomic E-state index is 0.0548. The average Bonchev–Trinajstić information content (AvgIpc) is 3.14. The van der Waals surface area contributed by atoms with E-state index in [2.05, 4.69) is 34.5 Å². The molecule has 2 heterocycles. The van der Waals surface area contributed by atoms with Gasteiger partial charge >= 0.3 is 0 Å². The van der Waals surface area contributed by atoms with Crippen LogP contribution in [0, 0.1) is 0 Å². The summed E-state index contributed by atoms with van der Waals surface area (Å²) in [6.07, 6.45) is 1.59. The zero-order chi connectivity index (χ0) is 16.4. The smallest absolute Gasteiger partial charge is 0.237 e. The Morgan fingerprint density at radius 3 is 2.65 bits per heavy atom. The third kappa shape index (κ3) is 3.93. The molecule has 3 atom stereocenters. The van der Waals surface area contributed by atoms with Crippen molar-refractivity contribution in [1.29, 1.82) is 0 Å².